The minimum atomic E-state index is -3.94. The van der Waals surface area contributed by atoms with Crippen LogP contribution >= 0.6 is 11.3 Å². The highest BCUT2D eigenvalue weighted by atomic mass is 32.2. The Morgan fingerprint density at radius 3 is 2.46 bits per heavy atom. The molecule has 0 saturated carbocycles. The van der Waals surface area contributed by atoms with Crippen molar-refractivity contribution in [2.45, 2.75) is 18.2 Å². The molecule has 0 saturated heterocycles. The highest BCUT2D eigenvalue weighted by Gasteiger charge is 2.21. The number of sulfonamides is 1. The SMILES string of the molecule is CCOC(=O)Cc1sc(NS(=O)(=O)c2ccc(F)cc2)nc1-c1ccccc1. The molecule has 1 N–H and O–H groups in total. The quantitative estimate of drug-likeness (QED) is 0.587. The summed E-state index contributed by atoms with van der Waals surface area (Å²) >= 11 is 1.06. The van der Waals surface area contributed by atoms with Gasteiger partial charge in [0.1, 0.15) is 5.82 Å². The van der Waals surface area contributed by atoms with Crippen molar-refractivity contribution in [3.63, 3.8) is 0 Å². The first kappa shape index (κ1) is 20.0. The maximum Gasteiger partial charge on any atom is 0.311 e. The first-order chi connectivity index (χ1) is 13.4. The number of aromatic nitrogens is 1. The first-order valence-corrected chi connectivity index (χ1v) is 10.7. The average molecular weight is 420 g/mol. The van der Waals surface area contributed by atoms with Gasteiger partial charge in [-0.25, -0.2) is 17.8 Å². The molecule has 28 heavy (non-hydrogen) atoms. The highest BCUT2D eigenvalue weighted by Crippen LogP contribution is 2.33. The summed E-state index contributed by atoms with van der Waals surface area (Å²) < 4.78 is 45.5. The molecule has 146 valence electrons. The molecule has 0 bridgehead atoms. The molecule has 3 rings (SSSR count). The van der Waals surface area contributed by atoms with E-state index < -0.39 is 21.8 Å². The van der Waals surface area contributed by atoms with E-state index >= 15 is 0 Å². The second kappa shape index (κ2) is 8.49. The van der Waals surface area contributed by atoms with Crippen LogP contribution < -0.4 is 4.72 Å². The fourth-order valence-electron chi connectivity index (χ4n) is 2.47. The van der Waals surface area contributed by atoms with Gasteiger partial charge < -0.3 is 4.74 Å². The van der Waals surface area contributed by atoms with E-state index in [-0.39, 0.29) is 23.1 Å². The average Bonchev–Trinajstić information content (AvgIpc) is 3.04. The predicted octanol–water partition coefficient (Wildman–Crippen LogP) is 3.86. The molecule has 0 aliphatic heterocycles. The van der Waals surface area contributed by atoms with E-state index in [4.69, 9.17) is 4.74 Å². The normalized spacial score (nSPS) is 11.2. The third-order valence-electron chi connectivity index (χ3n) is 3.70. The largest absolute Gasteiger partial charge is 0.466 e. The van der Waals surface area contributed by atoms with Crippen LogP contribution in [-0.2, 0) is 26.0 Å². The molecule has 0 fully saturated rings. The molecular weight excluding hydrogens is 403 g/mol. The van der Waals surface area contributed by atoms with Crippen LogP contribution in [0.2, 0.25) is 0 Å². The summed E-state index contributed by atoms with van der Waals surface area (Å²) in [7, 11) is -3.94. The number of ether oxygens (including phenoxy) is 1. The Balaban J connectivity index is 1.94. The molecule has 0 unspecified atom stereocenters. The van der Waals surface area contributed by atoms with Crippen LogP contribution in [0.4, 0.5) is 9.52 Å². The number of halogens is 1. The van der Waals surface area contributed by atoms with Gasteiger partial charge in [0.05, 0.1) is 23.6 Å². The van der Waals surface area contributed by atoms with Crippen LogP contribution in [0.3, 0.4) is 0 Å². The zero-order valence-electron chi connectivity index (χ0n) is 14.9. The van der Waals surface area contributed by atoms with Gasteiger partial charge in [-0.05, 0) is 31.2 Å². The summed E-state index contributed by atoms with van der Waals surface area (Å²) in [5.74, 6) is -0.951. The standard InChI is InChI=1S/C19H17FN2O4S2/c1-2-26-17(23)12-16-18(13-6-4-3-5-7-13)21-19(27-16)22-28(24,25)15-10-8-14(20)9-11-15/h3-11H,2,12H2,1H3,(H,21,22). The zero-order chi connectivity index (χ0) is 20.1. The number of benzene rings is 2. The van der Waals surface area contributed by atoms with E-state index in [9.17, 15) is 17.6 Å². The van der Waals surface area contributed by atoms with Crippen molar-refractivity contribution in [3.05, 3.63) is 65.3 Å². The molecule has 6 nitrogen and oxygen atoms in total. The van der Waals surface area contributed by atoms with Crippen LogP contribution in [0.1, 0.15) is 11.8 Å². The molecule has 9 heteroatoms. The van der Waals surface area contributed by atoms with Crippen LogP contribution in [0.15, 0.2) is 59.5 Å². The maximum atomic E-state index is 13.1. The van der Waals surface area contributed by atoms with Gasteiger partial charge >= 0.3 is 5.97 Å². The van der Waals surface area contributed by atoms with E-state index in [0.29, 0.717) is 10.6 Å². The smallest absolute Gasteiger partial charge is 0.311 e. The van der Waals surface area contributed by atoms with Gasteiger partial charge in [-0.3, -0.25) is 9.52 Å². The summed E-state index contributed by atoms with van der Waals surface area (Å²) in [6.07, 6.45) is -0.0198. The molecule has 2 aromatic carbocycles. The Morgan fingerprint density at radius 2 is 1.82 bits per heavy atom. The lowest BCUT2D eigenvalue weighted by Crippen LogP contribution is -2.12. The fraction of sp³-hybridized carbons (Fsp3) is 0.158. The number of rotatable bonds is 7. The molecule has 0 aliphatic carbocycles. The lowest BCUT2D eigenvalue weighted by molar-refractivity contribution is -0.142. The van der Waals surface area contributed by atoms with Gasteiger partial charge in [0.15, 0.2) is 5.13 Å². The van der Waals surface area contributed by atoms with E-state index in [1.54, 1.807) is 6.92 Å². The third kappa shape index (κ3) is 4.73. The number of nitrogens with one attached hydrogen (secondary N) is 1. The predicted molar refractivity (Wildman–Crippen MR) is 105 cm³/mol. The van der Waals surface area contributed by atoms with E-state index in [0.717, 1.165) is 29.0 Å². The van der Waals surface area contributed by atoms with E-state index in [1.807, 2.05) is 30.3 Å². The van der Waals surface area contributed by atoms with Gasteiger partial charge in [0, 0.05) is 10.4 Å². The lowest BCUT2D eigenvalue weighted by Gasteiger charge is -2.04. The van der Waals surface area contributed by atoms with Crippen molar-refractivity contribution < 1.29 is 22.3 Å². The number of anilines is 1. The summed E-state index contributed by atoms with van der Waals surface area (Å²) in [6.45, 7) is 1.97. The van der Waals surface area contributed by atoms with Gasteiger partial charge in [-0.2, -0.15) is 0 Å². The van der Waals surface area contributed by atoms with Crippen molar-refractivity contribution >= 4 is 32.5 Å². The Labute approximate surface area is 166 Å². The molecule has 0 radical (unpaired) electrons. The highest BCUT2D eigenvalue weighted by molar-refractivity contribution is 7.93. The number of hydrogen-bond acceptors (Lipinski definition) is 6. The van der Waals surface area contributed by atoms with Crippen LogP contribution in [0.5, 0.6) is 0 Å². The zero-order valence-corrected chi connectivity index (χ0v) is 16.5. The number of thiazole rings is 1. The number of carbonyl (C=O) groups excluding carboxylic acids is 1. The van der Waals surface area contributed by atoms with Crippen molar-refractivity contribution in [3.8, 4) is 11.3 Å². The number of carbonyl (C=O) groups is 1. The van der Waals surface area contributed by atoms with Gasteiger partial charge in [-0.15, -0.1) is 0 Å². The van der Waals surface area contributed by atoms with E-state index in [2.05, 4.69) is 9.71 Å². The summed E-state index contributed by atoms with van der Waals surface area (Å²) in [6, 6.07) is 13.6. The Bertz CT molecular complexity index is 1070. The fourth-order valence-corrected chi connectivity index (χ4v) is 4.67. The molecule has 0 amide bonds. The Morgan fingerprint density at radius 1 is 1.14 bits per heavy atom. The van der Waals surface area contributed by atoms with Crippen LogP contribution in [0.25, 0.3) is 11.3 Å². The summed E-state index contributed by atoms with van der Waals surface area (Å²) in [5.41, 5.74) is 1.26. The van der Waals surface area contributed by atoms with Gasteiger partial charge in [0.25, 0.3) is 10.0 Å². The summed E-state index contributed by atoms with van der Waals surface area (Å²) in [5, 5.41) is 0.113. The molecule has 3 aromatic rings. The molecule has 1 aromatic heterocycles. The number of esters is 1. The van der Waals surface area contributed by atoms with Crippen molar-refractivity contribution in [1.29, 1.82) is 0 Å². The lowest BCUT2D eigenvalue weighted by atomic mass is 10.1. The maximum absolute atomic E-state index is 13.1. The first-order valence-electron chi connectivity index (χ1n) is 8.38. The van der Waals surface area contributed by atoms with Crippen LogP contribution in [-0.4, -0.2) is 26.0 Å². The molecule has 0 aliphatic rings. The van der Waals surface area contributed by atoms with Gasteiger partial charge in [-0.1, -0.05) is 41.7 Å². The molecule has 0 atom stereocenters. The third-order valence-corrected chi connectivity index (χ3v) is 6.16. The minimum absolute atomic E-state index is 0.0198. The van der Waals surface area contributed by atoms with Crippen molar-refractivity contribution in [1.82, 2.24) is 4.98 Å². The second-order valence-corrected chi connectivity index (χ2v) is 8.46. The van der Waals surface area contributed by atoms with Crippen LogP contribution in [0, 0.1) is 5.82 Å². The number of nitrogens with zero attached hydrogens (tertiary/aromatic N) is 1. The van der Waals surface area contributed by atoms with Gasteiger partial charge in [0.2, 0.25) is 0 Å². The monoisotopic (exact) mass is 420 g/mol. The molecule has 1 heterocycles. The second-order valence-electron chi connectivity index (χ2n) is 5.70. The minimum Gasteiger partial charge on any atom is -0.466 e. The Hall–Kier alpha value is -2.78. The van der Waals surface area contributed by atoms with E-state index in [1.165, 1.54) is 12.1 Å². The molecular formula is C19H17FN2O4S2. The van der Waals surface area contributed by atoms with Crippen molar-refractivity contribution in [2.24, 2.45) is 0 Å². The van der Waals surface area contributed by atoms with Crippen molar-refractivity contribution in [2.75, 3.05) is 11.3 Å². The summed E-state index contributed by atoms with van der Waals surface area (Å²) in [4.78, 5) is 16.8. The molecule has 0 spiro atoms. The Kier molecular flexibility index (Phi) is 6.05. The number of hydrogen-bond donors (Lipinski definition) is 1. The topological polar surface area (TPSA) is 85.4 Å².